The number of unbranched alkanes of at least 4 members (excludes halogenated alkanes) is 4. The topological polar surface area (TPSA) is 29.5 Å². The van der Waals surface area contributed by atoms with Crippen molar-refractivity contribution < 1.29 is 9.53 Å². The highest BCUT2D eigenvalue weighted by Gasteiger charge is 2.09. The van der Waals surface area contributed by atoms with Crippen LogP contribution in [0.4, 0.5) is 0 Å². The largest absolute Gasteiger partial charge is 0.494 e. The van der Waals surface area contributed by atoms with Crippen molar-refractivity contribution in [2.75, 3.05) is 26.2 Å². The van der Waals surface area contributed by atoms with E-state index in [0.717, 1.165) is 25.1 Å². The van der Waals surface area contributed by atoms with Crippen molar-refractivity contribution in [2.24, 2.45) is 0 Å². The number of ether oxygens (including phenoxy) is 1. The zero-order valence-corrected chi connectivity index (χ0v) is 12.9. The van der Waals surface area contributed by atoms with Crippen LogP contribution in [0.2, 0.25) is 0 Å². The lowest BCUT2D eigenvalue weighted by atomic mass is 10.1. The normalized spacial score (nSPS) is 15.2. The molecule has 0 aromatic heterocycles. The van der Waals surface area contributed by atoms with Crippen LogP contribution in [0, 0.1) is 0 Å². The van der Waals surface area contributed by atoms with Crippen LogP contribution in [0.25, 0.3) is 0 Å². The van der Waals surface area contributed by atoms with Crippen LogP contribution in [0.1, 0.15) is 55.3 Å². The first-order valence-corrected chi connectivity index (χ1v) is 8.29. The second-order valence-electron chi connectivity index (χ2n) is 5.85. The predicted octanol–water partition coefficient (Wildman–Crippen LogP) is 3.92. The van der Waals surface area contributed by atoms with E-state index in [1.54, 1.807) is 12.1 Å². The van der Waals surface area contributed by atoms with E-state index in [1.807, 2.05) is 12.1 Å². The van der Waals surface area contributed by atoms with Crippen molar-refractivity contribution in [1.82, 2.24) is 4.90 Å². The predicted molar refractivity (Wildman–Crippen MR) is 86.1 cm³/mol. The summed E-state index contributed by atoms with van der Waals surface area (Å²) in [6, 6.07) is 7.31. The Kier molecular flexibility index (Phi) is 7.30. The Bertz CT molecular complexity index is 396. The highest BCUT2D eigenvalue weighted by atomic mass is 16.5. The maximum absolute atomic E-state index is 10.5. The van der Waals surface area contributed by atoms with E-state index in [9.17, 15) is 4.79 Å². The van der Waals surface area contributed by atoms with Crippen LogP contribution in [-0.2, 0) is 0 Å². The highest BCUT2D eigenvalue weighted by molar-refractivity contribution is 5.74. The molecule has 1 aromatic carbocycles. The van der Waals surface area contributed by atoms with Crippen molar-refractivity contribution in [3.63, 3.8) is 0 Å². The van der Waals surface area contributed by atoms with E-state index in [2.05, 4.69) is 4.90 Å². The van der Waals surface area contributed by atoms with Gasteiger partial charge in [0.15, 0.2) is 0 Å². The van der Waals surface area contributed by atoms with Crippen LogP contribution in [0.5, 0.6) is 5.75 Å². The molecule has 1 fully saturated rings. The van der Waals surface area contributed by atoms with Gasteiger partial charge in [0, 0.05) is 5.56 Å². The Balaban J connectivity index is 1.43. The Morgan fingerprint density at radius 3 is 2.33 bits per heavy atom. The Morgan fingerprint density at radius 1 is 0.952 bits per heavy atom. The molecule has 3 nitrogen and oxygen atoms in total. The lowest BCUT2D eigenvalue weighted by Crippen LogP contribution is -2.20. The van der Waals surface area contributed by atoms with Crippen molar-refractivity contribution in [2.45, 2.75) is 44.9 Å². The second kappa shape index (κ2) is 9.56. The molecule has 1 heterocycles. The summed E-state index contributed by atoms with van der Waals surface area (Å²) < 4.78 is 5.67. The third-order valence-corrected chi connectivity index (χ3v) is 4.10. The fraction of sp³-hybridized carbons (Fsp3) is 0.611. The molecule has 0 atom stereocenters. The molecule has 0 bridgehead atoms. The summed E-state index contributed by atoms with van der Waals surface area (Å²) in [5.41, 5.74) is 0.695. The molecular weight excluding hydrogens is 262 g/mol. The fourth-order valence-electron chi connectivity index (χ4n) is 2.81. The van der Waals surface area contributed by atoms with Gasteiger partial charge in [-0.1, -0.05) is 19.3 Å². The minimum absolute atomic E-state index is 0.695. The number of rotatable bonds is 10. The van der Waals surface area contributed by atoms with E-state index in [-0.39, 0.29) is 0 Å². The minimum atomic E-state index is 0.695. The van der Waals surface area contributed by atoms with E-state index in [0.29, 0.717) is 5.56 Å². The van der Waals surface area contributed by atoms with E-state index < -0.39 is 0 Å². The third kappa shape index (κ3) is 6.30. The molecule has 0 aliphatic carbocycles. The number of hydrogen-bond acceptors (Lipinski definition) is 3. The first kappa shape index (κ1) is 16.0. The molecule has 21 heavy (non-hydrogen) atoms. The number of carbonyl (C=O) groups is 1. The monoisotopic (exact) mass is 289 g/mol. The van der Waals surface area contributed by atoms with Crippen LogP contribution in [0.3, 0.4) is 0 Å². The minimum Gasteiger partial charge on any atom is -0.494 e. The number of hydrogen-bond donors (Lipinski definition) is 0. The standard InChI is InChI=1S/C18H27NO2/c20-16-17-8-10-18(11-9-17)21-15-7-3-1-2-4-12-19-13-5-6-14-19/h8-11,16H,1-7,12-15H2. The van der Waals surface area contributed by atoms with Crippen LogP contribution in [-0.4, -0.2) is 37.4 Å². The van der Waals surface area contributed by atoms with Crippen LogP contribution in [0.15, 0.2) is 24.3 Å². The Morgan fingerprint density at radius 2 is 1.62 bits per heavy atom. The SMILES string of the molecule is O=Cc1ccc(OCCCCCCCN2CCCC2)cc1. The van der Waals surface area contributed by atoms with Crippen molar-refractivity contribution in [3.05, 3.63) is 29.8 Å². The van der Waals surface area contributed by atoms with Crippen molar-refractivity contribution >= 4 is 6.29 Å². The van der Waals surface area contributed by atoms with E-state index in [4.69, 9.17) is 4.74 Å². The lowest BCUT2D eigenvalue weighted by molar-refractivity contribution is 0.112. The number of benzene rings is 1. The molecule has 2 rings (SSSR count). The summed E-state index contributed by atoms with van der Waals surface area (Å²) in [6.45, 7) is 4.69. The molecule has 0 radical (unpaired) electrons. The molecule has 1 aromatic rings. The van der Waals surface area contributed by atoms with Crippen LogP contribution >= 0.6 is 0 Å². The van der Waals surface area contributed by atoms with Gasteiger partial charge in [0.2, 0.25) is 0 Å². The quantitative estimate of drug-likeness (QED) is 0.483. The molecular formula is C18H27NO2. The lowest BCUT2D eigenvalue weighted by Gasteiger charge is -2.13. The molecule has 0 unspecified atom stereocenters. The summed E-state index contributed by atoms with van der Waals surface area (Å²) in [5, 5.41) is 0. The molecule has 1 saturated heterocycles. The molecule has 3 heteroatoms. The first-order valence-electron chi connectivity index (χ1n) is 8.29. The number of nitrogens with zero attached hydrogens (tertiary/aromatic N) is 1. The molecule has 0 saturated carbocycles. The van der Waals surface area contributed by atoms with Gasteiger partial charge in [-0.15, -0.1) is 0 Å². The molecule has 0 amide bonds. The summed E-state index contributed by atoms with van der Waals surface area (Å²) in [4.78, 5) is 13.1. The van der Waals surface area contributed by atoms with E-state index in [1.165, 1.54) is 58.2 Å². The smallest absolute Gasteiger partial charge is 0.150 e. The van der Waals surface area contributed by atoms with Gasteiger partial charge in [0.25, 0.3) is 0 Å². The van der Waals surface area contributed by atoms with Gasteiger partial charge in [-0.05, 0) is 69.6 Å². The fourth-order valence-corrected chi connectivity index (χ4v) is 2.81. The zero-order chi connectivity index (χ0) is 14.8. The Hall–Kier alpha value is -1.35. The second-order valence-corrected chi connectivity index (χ2v) is 5.85. The number of aldehydes is 1. The van der Waals surface area contributed by atoms with Gasteiger partial charge in [-0.25, -0.2) is 0 Å². The maximum Gasteiger partial charge on any atom is 0.150 e. The molecule has 1 aliphatic rings. The number of likely N-dealkylation sites (tertiary alicyclic amines) is 1. The van der Waals surface area contributed by atoms with Gasteiger partial charge >= 0.3 is 0 Å². The van der Waals surface area contributed by atoms with Crippen molar-refractivity contribution in [1.29, 1.82) is 0 Å². The molecule has 116 valence electrons. The third-order valence-electron chi connectivity index (χ3n) is 4.10. The average Bonchev–Trinajstić information content (AvgIpc) is 3.04. The zero-order valence-electron chi connectivity index (χ0n) is 12.9. The van der Waals surface area contributed by atoms with Gasteiger partial charge < -0.3 is 9.64 Å². The first-order chi connectivity index (χ1) is 10.4. The molecule has 0 N–H and O–H groups in total. The summed E-state index contributed by atoms with van der Waals surface area (Å²) in [6.07, 6.45) is 9.98. The molecule has 0 spiro atoms. The van der Waals surface area contributed by atoms with Gasteiger partial charge in [0.05, 0.1) is 6.61 Å². The highest BCUT2D eigenvalue weighted by Crippen LogP contribution is 2.13. The van der Waals surface area contributed by atoms with Crippen LogP contribution < -0.4 is 4.74 Å². The van der Waals surface area contributed by atoms with Crippen molar-refractivity contribution in [3.8, 4) is 5.75 Å². The van der Waals surface area contributed by atoms with Gasteiger partial charge in [-0.2, -0.15) is 0 Å². The number of carbonyl (C=O) groups excluding carboxylic acids is 1. The average molecular weight is 289 g/mol. The van der Waals surface area contributed by atoms with Gasteiger partial charge in [0.1, 0.15) is 12.0 Å². The summed E-state index contributed by atoms with van der Waals surface area (Å²) >= 11 is 0. The van der Waals surface area contributed by atoms with Gasteiger partial charge in [-0.3, -0.25) is 4.79 Å². The van der Waals surface area contributed by atoms with E-state index >= 15 is 0 Å². The Labute approximate surface area is 128 Å². The summed E-state index contributed by atoms with van der Waals surface area (Å²) in [7, 11) is 0. The summed E-state index contributed by atoms with van der Waals surface area (Å²) in [5.74, 6) is 0.856. The maximum atomic E-state index is 10.5. The molecule has 1 aliphatic heterocycles.